The summed E-state index contributed by atoms with van der Waals surface area (Å²) in [5.41, 5.74) is 4.26. The van der Waals surface area contributed by atoms with E-state index in [1.807, 2.05) is 12.1 Å². The van der Waals surface area contributed by atoms with Crippen LogP contribution < -0.4 is 15.4 Å². The number of aldehydes is 1. The third kappa shape index (κ3) is 11.5. The van der Waals surface area contributed by atoms with Crippen molar-refractivity contribution in [2.45, 2.75) is 121 Å². The summed E-state index contributed by atoms with van der Waals surface area (Å²) in [5, 5.41) is 15.2. The minimum atomic E-state index is -0.329. The summed E-state index contributed by atoms with van der Waals surface area (Å²) in [6.45, 7) is 4.88. The topological polar surface area (TPSA) is 105 Å². The molecule has 0 radical (unpaired) electrons. The smallest absolute Gasteiger partial charge is 0.181 e. The molecule has 1 unspecified atom stereocenters. The molecule has 0 aliphatic carbocycles. The van der Waals surface area contributed by atoms with Gasteiger partial charge in [0.1, 0.15) is 12.0 Å². The number of aromatic amines is 1. The first-order chi connectivity index (χ1) is 24.7. The van der Waals surface area contributed by atoms with Crippen molar-refractivity contribution in [3.05, 3.63) is 90.0 Å². The molecule has 1 aliphatic heterocycles. The molecule has 1 atom stereocenters. The second kappa shape index (κ2) is 20.6. The lowest BCUT2D eigenvalue weighted by Crippen LogP contribution is -2.46. The molecule has 8 nitrogen and oxygen atoms in total. The zero-order valence-electron chi connectivity index (χ0n) is 30.2. The Balaban J connectivity index is 1.02. The molecule has 5 rings (SSSR count). The van der Waals surface area contributed by atoms with Crippen molar-refractivity contribution >= 4 is 12.0 Å². The summed E-state index contributed by atoms with van der Waals surface area (Å²) in [6.07, 6.45) is 23.8. The number of H-pyrrole nitrogens is 1. The predicted molar refractivity (Wildman–Crippen MR) is 204 cm³/mol. The number of rotatable bonds is 23. The van der Waals surface area contributed by atoms with Crippen molar-refractivity contribution < 1.29 is 9.53 Å². The molecular weight excluding hydrogens is 621 g/mol. The van der Waals surface area contributed by atoms with Gasteiger partial charge in [-0.3, -0.25) is 10.1 Å². The Morgan fingerprint density at radius 3 is 2.10 bits per heavy atom. The fraction of sp³-hybridized carbons (Fsp3) is 0.524. The molecule has 50 heavy (non-hydrogen) atoms. The molecule has 1 fully saturated rings. The number of aromatic nitrogens is 4. The van der Waals surface area contributed by atoms with Crippen LogP contribution in [0.5, 0.6) is 5.75 Å². The van der Waals surface area contributed by atoms with E-state index in [1.54, 1.807) is 12.4 Å². The minimum Gasteiger partial charge on any atom is -0.494 e. The molecule has 4 aromatic rings. The molecule has 0 saturated carbocycles. The summed E-state index contributed by atoms with van der Waals surface area (Å²) in [4.78, 5) is 19.4. The largest absolute Gasteiger partial charge is 0.494 e. The van der Waals surface area contributed by atoms with E-state index < -0.39 is 0 Å². The molecule has 268 valence electrons. The second-order valence-electron chi connectivity index (χ2n) is 14.0. The van der Waals surface area contributed by atoms with E-state index in [0.717, 1.165) is 80.9 Å². The molecule has 0 spiro atoms. The lowest BCUT2D eigenvalue weighted by atomic mass is 9.86. The molecule has 1 saturated heterocycles. The van der Waals surface area contributed by atoms with Gasteiger partial charge in [-0.15, -0.1) is 0 Å². The Morgan fingerprint density at radius 1 is 0.800 bits per heavy atom. The molecule has 1 aliphatic rings. The van der Waals surface area contributed by atoms with Crippen molar-refractivity contribution in [2.75, 3.05) is 25.0 Å². The fourth-order valence-electron chi connectivity index (χ4n) is 7.05. The standard InChI is InChI=1S/C42H58N6O2/c1-34(35-19-21-39(22-20-35)50-32-15-13-11-9-7-5-3-2-4-6-8-10-12-14-31-49)37-17-16-18-38(33-37)46-42(25-29-44-30-26-42)41-45-40(47-48-41)36-23-27-43-28-24-36/h16-24,27-28,31,33-34,44,46H,2-15,25-26,29-30,32H2,1H3,(H,45,47,48). The first-order valence-electron chi connectivity index (χ1n) is 19.3. The third-order valence-corrected chi connectivity index (χ3v) is 10.2. The van der Waals surface area contributed by atoms with Crippen molar-refractivity contribution in [3.8, 4) is 17.1 Å². The number of carbonyl (C=O) groups is 1. The molecule has 3 heterocycles. The van der Waals surface area contributed by atoms with E-state index in [4.69, 9.17) is 9.72 Å². The van der Waals surface area contributed by atoms with Gasteiger partial charge in [0.2, 0.25) is 0 Å². The SMILES string of the molecule is CC(c1ccc(OCCCCCCCCCCCCCCCC=O)cc1)c1cccc(NC2(c3nc(-c4ccncc4)n[nH]3)CCNCC2)c1. The fourth-order valence-corrected chi connectivity index (χ4v) is 7.05. The van der Waals surface area contributed by atoms with Gasteiger partial charge < -0.3 is 20.2 Å². The lowest BCUT2D eigenvalue weighted by Gasteiger charge is -2.37. The lowest BCUT2D eigenvalue weighted by molar-refractivity contribution is -0.107. The van der Waals surface area contributed by atoms with Crippen LogP contribution in [-0.2, 0) is 10.3 Å². The Labute approximate surface area is 299 Å². The van der Waals surface area contributed by atoms with Crippen molar-refractivity contribution in [1.82, 2.24) is 25.5 Å². The van der Waals surface area contributed by atoms with Crippen molar-refractivity contribution in [3.63, 3.8) is 0 Å². The van der Waals surface area contributed by atoms with Gasteiger partial charge in [-0.1, -0.05) is 102 Å². The Hall–Kier alpha value is -4.04. The number of hydrogen-bond donors (Lipinski definition) is 3. The summed E-state index contributed by atoms with van der Waals surface area (Å²) < 4.78 is 6.10. The maximum absolute atomic E-state index is 10.4. The van der Waals surface area contributed by atoms with Crippen LogP contribution in [0.1, 0.15) is 133 Å². The Morgan fingerprint density at radius 2 is 1.44 bits per heavy atom. The van der Waals surface area contributed by atoms with Crippen molar-refractivity contribution in [2.24, 2.45) is 0 Å². The van der Waals surface area contributed by atoms with Crippen molar-refractivity contribution in [1.29, 1.82) is 0 Å². The predicted octanol–water partition coefficient (Wildman–Crippen LogP) is 9.75. The number of anilines is 1. The Bertz CT molecular complexity index is 1520. The van der Waals surface area contributed by atoms with Crippen LogP contribution in [0.2, 0.25) is 0 Å². The highest BCUT2D eigenvalue weighted by atomic mass is 16.5. The van der Waals surface area contributed by atoms with E-state index in [1.165, 1.54) is 81.8 Å². The van der Waals surface area contributed by atoms with E-state index in [9.17, 15) is 4.79 Å². The minimum absolute atomic E-state index is 0.248. The number of ether oxygens (including phenoxy) is 1. The number of piperidine rings is 1. The highest BCUT2D eigenvalue weighted by Crippen LogP contribution is 2.35. The number of nitrogens with one attached hydrogen (secondary N) is 3. The number of nitrogens with zero attached hydrogens (tertiary/aromatic N) is 3. The van der Waals surface area contributed by atoms with Crippen LogP contribution in [0.3, 0.4) is 0 Å². The van der Waals surface area contributed by atoms with Crippen LogP contribution in [-0.4, -0.2) is 46.1 Å². The average molecular weight is 679 g/mol. The molecule has 2 aromatic heterocycles. The van der Waals surface area contributed by atoms with Gasteiger partial charge in [0.05, 0.1) is 12.1 Å². The zero-order valence-corrected chi connectivity index (χ0v) is 30.2. The first kappa shape index (κ1) is 37.2. The summed E-state index contributed by atoms with van der Waals surface area (Å²) in [6, 6.07) is 21.3. The van der Waals surface area contributed by atoms with Crippen LogP contribution in [0, 0.1) is 0 Å². The van der Waals surface area contributed by atoms with E-state index in [-0.39, 0.29) is 11.5 Å². The molecular formula is C42H58N6O2. The van der Waals surface area contributed by atoms with Crippen LogP contribution >= 0.6 is 0 Å². The van der Waals surface area contributed by atoms with Gasteiger partial charge in [0.25, 0.3) is 0 Å². The number of carbonyl (C=O) groups excluding carboxylic acids is 1. The molecule has 0 bridgehead atoms. The second-order valence-corrected chi connectivity index (χ2v) is 14.0. The summed E-state index contributed by atoms with van der Waals surface area (Å²) in [5.74, 6) is 2.77. The number of hydrogen-bond acceptors (Lipinski definition) is 7. The van der Waals surface area contributed by atoms with Crippen LogP contribution in [0.25, 0.3) is 11.4 Å². The highest BCUT2D eigenvalue weighted by Gasteiger charge is 2.37. The maximum Gasteiger partial charge on any atom is 0.181 e. The summed E-state index contributed by atoms with van der Waals surface area (Å²) >= 11 is 0. The molecule has 3 N–H and O–H groups in total. The van der Waals surface area contributed by atoms with E-state index in [0.29, 0.717) is 5.82 Å². The van der Waals surface area contributed by atoms with Gasteiger partial charge in [0.15, 0.2) is 11.6 Å². The number of benzene rings is 2. The number of unbranched alkanes of at least 4 members (excludes halogenated alkanes) is 13. The van der Waals surface area contributed by atoms with Gasteiger partial charge >= 0.3 is 0 Å². The van der Waals surface area contributed by atoms with E-state index in [2.05, 4.69) is 81.3 Å². The molecule has 2 aromatic carbocycles. The molecule has 8 heteroatoms. The number of pyridine rings is 1. The van der Waals surface area contributed by atoms with E-state index >= 15 is 0 Å². The normalized spacial score (nSPS) is 14.7. The van der Waals surface area contributed by atoms with Gasteiger partial charge in [-0.05, 0) is 86.3 Å². The molecule has 0 amide bonds. The summed E-state index contributed by atoms with van der Waals surface area (Å²) in [7, 11) is 0. The quantitative estimate of drug-likeness (QED) is 0.0530. The first-order valence-corrected chi connectivity index (χ1v) is 19.3. The van der Waals surface area contributed by atoms with Crippen LogP contribution in [0.4, 0.5) is 5.69 Å². The third-order valence-electron chi connectivity index (χ3n) is 10.2. The maximum atomic E-state index is 10.4. The van der Waals surface area contributed by atoms with Gasteiger partial charge in [-0.2, -0.15) is 5.10 Å². The Kier molecular flexibility index (Phi) is 15.3. The van der Waals surface area contributed by atoms with Gasteiger partial charge in [-0.25, -0.2) is 4.98 Å². The zero-order chi connectivity index (χ0) is 34.7. The van der Waals surface area contributed by atoms with Gasteiger partial charge in [0, 0.05) is 36.0 Å². The monoisotopic (exact) mass is 678 g/mol. The van der Waals surface area contributed by atoms with Crippen LogP contribution in [0.15, 0.2) is 73.1 Å². The average Bonchev–Trinajstić information content (AvgIpc) is 3.67. The highest BCUT2D eigenvalue weighted by molar-refractivity contribution is 5.55.